The zero-order valence-electron chi connectivity index (χ0n) is 12.8. The van der Waals surface area contributed by atoms with Gasteiger partial charge in [0.25, 0.3) is 5.91 Å². The van der Waals surface area contributed by atoms with Gasteiger partial charge in [-0.1, -0.05) is 35.3 Å². The highest BCUT2D eigenvalue weighted by atomic mass is 35.5. The SMILES string of the molecule is CC(NC(=O)COC(=O)c1cccc(O)c1)c1ccc(Cl)c(Cl)c1. The summed E-state index contributed by atoms with van der Waals surface area (Å²) in [6.45, 7) is 1.34. The van der Waals surface area contributed by atoms with Crippen LogP contribution in [0.4, 0.5) is 0 Å². The minimum absolute atomic E-state index is 0.0536. The molecule has 1 unspecified atom stereocenters. The van der Waals surface area contributed by atoms with Crippen LogP contribution in [0.3, 0.4) is 0 Å². The van der Waals surface area contributed by atoms with Gasteiger partial charge in [0.15, 0.2) is 6.61 Å². The summed E-state index contributed by atoms with van der Waals surface area (Å²) in [6.07, 6.45) is 0. The summed E-state index contributed by atoms with van der Waals surface area (Å²) in [6, 6.07) is 10.4. The molecule has 2 aromatic carbocycles. The molecule has 24 heavy (non-hydrogen) atoms. The first-order chi connectivity index (χ1) is 11.4. The molecule has 0 saturated carbocycles. The highest BCUT2D eigenvalue weighted by molar-refractivity contribution is 6.42. The smallest absolute Gasteiger partial charge is 0.338 e. The normalized spacial score (nSPS) is 11.6. The lowest BCUT2D eigenvalue weighted by Crippen LogP contribution is -2.31. The Bertz CT molecular complexity index is 764. The summed E-state index contributed by atoms with van der Waals surface area (Å²) in [5.41, 5.74) is 0.942. The van der Waals surface area contributed by atoms with Crippen molar-refractivity contribution in [1.82, 2.24) is 5.32 Å². The summed E-state index contributed by atoms with van der Waals surface area (Å²) in [5, 5.41) is 12.8. The van der Waals surface area contributed by atoms with E-state index in [4.69, 9.17) is 27.9 Å². The predicted molar refractivity (Wildman–Crippen MR) is 91.4 cm³/mol. The standard InChI is InChI=1S/C17H15Cl2NO4/c1-10(11-5-6-14(18)15(19)8-11)20-16(22)9-24-17(23)12-3-2-4-13(21)7-12/h2-8,10,21H,9H2,1H3,(H,20,22). The van der Waals surface area contributed by atoms with Crippen LogP contribution in [0.1, 0.15) is 28.9 Å². The first-order valence-corrected chi connectivity index (χ1v) is 7.83. The van der Waals surface area contributed by atoms with Gasteiger partial charge >= 0.3 is 5.97 Å². The topological polar surface area (TPSA) is 75.6 Å². The van der Waals surface area contributed by atoms with Crippen LogP contribution in [-0.4, -0.2) is 23.6 Å². The molecule has 1 atom stereocenters. The number of benzene rings is 2. The first-order valence-electron chi connectivity index (χ1n) is 7.07. The summed E-state index contributed by atoms with van der Waals surface area (Å²) < 4.78 is 4.92. The third-order valence-electron chi connectivity index (χ3n) is 3.24. The number of hydrogen-bond donors (Lipinski definition) is 2. The van der Waals surface area contributed by atoms with Crippen LogP contribution in [0.5, 0.6) is 5.75 Å². The van der Waals surface area contributed by atoms with Gasteiger partial charge in [0.1, 0.15) is 5.75 Å². The number of halogens is 2. The van der Waals surface area contributed by atoms with Gasteiger partial charge in [0, 0.05) is 0 Å². The van der Waals surface area contributed by atoms with Crippen molar-refractivity contribution in [1.29, 1.82) is 0 Å². The van der Waals surface area contributed by atoms with Crippen molar-refractivity contribution in [2.24, 2.45) is 0 Å². The number of phenolic OH excluding ortho intramolecular Hbond substituents is 1. The van der Waals surface area contributed by atoms with Crippen LogP contribution in [-0.2, 0) is 9.53 Å². The zero-order valence-corrected chi connectivity index (χ0v) is 14.3. The van der Waals surface area contributed by atoms with E-state index in [9.17, 15) is 14.7 Å². The van der Waals surface area contributed by atoms with Crippen molar-refractivity contribution < 1.29 is 19.4 Å². The molecule has 0 radical (unpaired) electrons. The van der Waals surface area contributed by atoms with Gasteiger partial charge in [-0.05, 0) is 42.8 Å². The highest BCUT2D eigenvalue weighted by Gasteiger charge is 2.14. The molecule has 0 aromatic heterocycles. The minimum atomic E-state index is -0.691. The van der Waals surface area contributed by atoms with Crippen LogP contribution < -0.4 is 5.32 Å². The molecule has 0 spiro atoms. The molecule has 5 nitrogen and oxygen atoms in total. The number of nitrogens with one attached hydrogen (secondary N) is 1. The third-order valence-corrected chi connectivity index (χ3v) is 3.98. The maximum atomic E-state index is 11.9. The van der Waals surface area contributed by atoms with Crippen LogP contribution in [0.2, 0.25) is 10.0 Å². The van der Waals surface area contributed by atoms with E-state index in [1.54, 1.807) is 25.1 Å². The molecule has 0 aliphatic heterocycles. The Morgan fingerprint density at radius 1 is 1.17 bits per heavy atom. The number of carbonyl (C=O) groups excluding carboxylic acids is 2. The Kier molecular flexibility index (Phi) is 6.06. The molecule has 0 bridgehead atoms. The summed E-state index contributed by atoms with van der Waals surface area (Å²) in [7, 11) is 0. The van der Waals surface area contributed by atoms with E-state index in [2.05, 4.69) is 5.32 Å². The van der Waals surface area contributed by atoms with Crippen molar-refractivity contribution in [2.75, 3.05) is 6.61 Å². The maximum Gasteiger partial charge on any atom is 0.338 e. The number of amides is 1. The third kappa shape index (κ3) is 4.88. The number of carbonyl (C=O) groups is 2. The average Bonchev–Trinajstić information content (AvgIpc) is 2.55. The van der Waals surface area contributed by atoms with E-state index >= 15 is 0 Å². The minimum Gasteiger partial charge on any atom is -0.508 e. The number of ether oxygens (including phenoxy) is 1. The molecule has 7 heteroatoms. The van der Waals surface area contributed by atoms with E-state index in [1.807, 2.05) is 0 Å². The Morgan fingerprint density at radius 2 is 1.92 bits per heavy atom. The molecule has 0 heterocycles. The van der Waals surface area contributed by atoms with Crippen molar-refractivity contribution in [3.63, 3.8) is 0 Å². The van der Waals surface area contributed by atoms with Crippen molar-refractivity contribution in [3.05, 3.63) is 63.6 Å². The largest absolute Gasteiger partial charge is 0.508 e. The van der Waals surface area contributed by atoms with Gasteiger partial charge < -0.3 is 15.2 Å². The van der Waals surface area contributed by atoms with Crippen molar-refractivity contribution in [3.8, 4) is 5.75 Å². The zero-order chi connectivity index (χ0) is 17.7. The predicted octanol–water partition coefficient (Wildman–Crippen LogP) is 3.73. The number of phenols is 1. The van der Waals surface area contributed by atoms with E-state index < -0.39 is 18.5 Å². The molecular weight excluding hydrogens is 353 g/mol. The Morgan fingerprint density at radius 3 is 2.58 bits per heavy atom. The maximum absolute atomic E-state index is 11.9. The molecule has 0 saturated heterocycles. The highest BCUT2D eigenvalue weighted by Crippen LogP contribution is 2.25. The van der Waals surface area contributed by atoms with Crippen LogP contribution in [0.25, 0.3) is 0 Å². The number of rotatable bonds is 5. The lowest BCUT2D eigenvalue weighted by molar-refractivity contribution is -0.124. The number of esters is 1. The van der Waals surface area contributed by atoms with Crippen LogP contribution in [0, 0.1) is 0 Å². The summed E-state index contributed by atoms with van der Waals surface area (Å²) >= 11 is 11.8. The fourth-order valence-electron chi connectivity index (χ4n) is 2.00. The van der Waals surface area contributed by atoms with Gasteiger partial charge in [-0.25, -0.2) is 4.79 Å². The molecule has 0 aliphatic carbocycles. The summed E-state index contributed by atoms with van der Waals surface area (Å²) in [5.74, 6) is -1.20. The molecular formula is C17H15Cl2NO4. The molecule has 2 N–H and O–H groups in total. The Hall–Kier alpha value is -2.24. The van der Waals surface area contributed by atoms with Gasteiger partial charge in [-0.15, -0.1) is 0 Å². The van der Waals surface area contributed by atoms with E-state index in [1.165, 1.54) is 24.3 Å². The lowest BCUT2D eigenvalue weighted by Gasteiger charge is -2.15. The quantitative estimate of drug-likeness (QED) is 0.789. The molecule has 2 aromatic rings. The van der Waals surface area contributed by atoms with Gasteiger partial charge in [0.05, 0.1) is 21.7 Å². The lowest BCUT2D eigenvalue weighted by atomic mass is 10.1. The second kappa shape index (κ2) is 8.04. The van der Waals surface area contributed by atoms with E-state index in [-0.39, 0.29) is 17.4 Å². The van der Waals surface area contributed by atoms with Crippen LogP contribution >= 0.6 is 23.2 Å². The van der Waals surface area contributed by atoms with Crippen molar-refractivity contribution >= 4 is 35.1 Å². The average molecular weight is 368 g/mol. The number of aromatic hydroxyl groups is 1. The second-order valence-electron chi connectivity index (χ2n) is 5.09. The monoisotopic (exact) mass is 367 g/mol. The van der Waals surface area contributed by atoms with Crippen molar-refractivity contribution in [2.45, 2.75) is 13.0 Å². The fraction of sp³-hybridized carbons (Fsp3) is 0.176. The van der Waals surface area contributed by atoms with Gasteiger partial charge in [0.2, 0.25) is 0 Å². The molecule has 126 valence electrons. The van der Waals surface area contributed by atoms with E-state index in [0.29, 0.717) is 10.0 Å². The van der Waals surface area contributed by atoms with Gasteiger partial charge in [-0.2, -0.15) is 0 Å². The second-order valence-corrected chi connectivity index (χ2v) is 5.90. The molecule has 1 amide bonds. The van der Waals surface area contributed by atoms with E-state index in [0.717, 1.165) is 5.56 Å². The van der Waals surface area contributed by atoms with Gasteiger partial charge in [-0.3, -0.25) is 4.79 Å². The van der Waals surface area contributed by atoms with Crippen LogP contribution in [0.15, 0.2) is 42.5 Å². The Labute approximate surface area is 149 Å². The summed E-state index contributed by atoms with van der Waals surface area (Å²) in [4.78, 5) is 23.7. The molecule has 0 fully saturated rings. The number of hydrogen-bond acceptors (Lipinski definition) is 4. The fourth-order valence-corrected chi connectivity index (χ4v) is 2.30. The first kappa shape index (κ1) is 18.1. The molecule has 0 aliphatic rings. The Balaban J connectivity index is 1.88. The molecule has 2 rings (SSSR count).